The average molecular weight is 502 g/mol. The molecule has 2 amide bonds. The highest BCUT2D eigenvalue weighted by atomic mass is 19.1. The first-order valence-corrected chi connectivity index (χ1v) is 10.8. The molecule has 0 saturated heterocycles. The molecule has 36 heavy (non-hydrogen) atoms. The van der Waals surface area contributed by atoms with Crippen LogP contribution in [0, 0.1) is 5.82 Å². The van der Waals surface area contributed by atoms with Gasteiger partial charge >= 0.3 is 18.2 Å². The number of benzene rings is 2. The van der Waals surface area contributed by atoms with E-state index in [-0.39, 0.29) is 22.8 Å². The summed E-state index contributed by atoms with van der Waals surface area (Å²) in [5, 5.41) is 5.09. The van der Waals surface area contributed by atoms with Gasteiger partial charge in [-0.3, -0.25) is 10.1 Å². The fourth-order valence-electron chi connectivity index (χ4n) is 2.52. The molecule has 0 atom stereocenters. The van der Waals surface area contributed by atoms with Gasteiger partial charge < -0.3 is 19.5 Å². The van der Waals surface area contributed by atoms with E-state index in [4.69, 9.17) is 14.2 Å². The van der Waals surface area contributed by atoms with E-state index in [1.165, 1.54) is 36.4 Å². The van der Waals surface area contributed by atoms with Gasteiger partial charge in [0.15, 0.2) is 11.6 Å². The number of hydrogen-bond donors (Lipinski definition) is 2. The molecule has 2 aromatic rings. The lowest BCUT2D eigenvalue weighted by Crippen LogP contribution is -2.40. The number of nitrogens with one attached hydrogen (secondary N) is 2. The summed E-state index contributed by atoms with van der Waals surface area (Å²) in [5.41, 5.74) is -1.08. The van der Waals surface area contributed by atoms with Gasteiger partial charge in [0.1, 0.15) is 17.5 Å². The predicted octanol–water partition coefficient (Wildman–Crippen LogP) is 5.09. The Morgan fingerprint density at radius 3 is 2.06 bits per heavy atom. The zero-order chi connectivity index (χ0) is 27.1. The number of aliphatic imine (C=N–C) groups is 1. The molecule has 0 saturated carbocycles. The first-order valence-electron chi connectivity index (χ1n) is 10.8. The number of nitrogens with zero attached hydrogens (tertiary/aromatic N) is 1. The van der Waals surface area contributed by atoms with Gasteiger partial charge in [-0.2, -0.15) is 0 Å². The third-order valence-corrected chi connectivity index (χ3v) is 3.89. The number of ether oxygens (including phenoxy) is 3. The van der Waals surface area contributed by atoms with Crippen molar-refractivity contribution in [3.8, 4) is 5.75 Å². The van der Waals surface area contributed by atoms with Gasteiger partial charge in [-0.15, -0.1) is 4.99 Å². The molecule has 0 aliphatic heterocycles. The van der Waals surface area contributed by atoms with Crippen LogP contribution in [-0.4, -0.2) is 41.6 Å². The Bertz CT molecular complexity index is 1160. The minimum Gasteiger partial charge on any atom is -0.444 e. The first-order chi connectivity index (χ1) is 16.6. The topological polar surface area (TPSA) is 132 Å². The van der Waals surface area contributed by atoms with Crippen LogP contribution in [-0.2, 0) is 9.47 Å². The number of rotatable bonds is 4. The highest BCUT2D eigenvalue weighted by Gasteiger charge is 2.21. The van der Waals surface area contributed by atoms with E-state index >= 15 is 0 Å². The zero-order valence-electron chi connectivity index (χ0n) is 20.8. The Morgan fingerprint density at radius 1 is 0.917 bits per heavy atom. The monoisotopic (exact) mass is 501 g/mol. The average Bonchev–Trinajstić information content (AvgIpc) is 2.72. The molecule has 2 N–H and O–H groups in total. The Balaban J connectivity index is 2.17. The van der Waals surface area contributed by atoms with Crippen LogP contribution in [0.5, 0.6) is 5.75 Å². The minimum atomic E-state index is -0.955. The van der Waals surface area contributed by atoms with Crippen molar-refractivity contribution in [3.05, 3.63) is 59.4 Å². The lowest BCUT2D eigenvalue weighted by molar-refractivity contribution is 0.0561. The fraction of sp³-hybridized carbons (Fsp3) is 0.320. The highest BCUT2D eigenvalue weighted by molar-refractivity contribution is 6.06. The van der Waals surface area contributed by atoms with Crippen LogP contribution < -0.4 is 15.4 Å². The molecule has 192 valence electrons. The Kier molecular flexibility index (Phi) is 8.88. The van der Waals surface area contributed by atoms with Crippen molar-refractivity contribution in [3.63, 3.8) is 0 Å². The van der Waals surface area contributed by atoms with Gasteiger partial charge in [0, 0.05) is 11.3 Å². The standard InChI is InChI=1S/C25H28FN3O7/c1-24(2,3)35-22(32)28-21(29-23(33)36-25(4,5)6)27-17-10-8-16(9-11-17)20(31)34-19-12-7-15(14-30)13-18(19)26/h7-14H,1-6H3,(H2,27,28,29,32,33). The van der Waals surface area contributed by atoms with Gasteiger partial charge in [0.25, 0.3) is 0 Å². The molecule has 0 radical (unpaired) electrons. The number of amides is 2. The molecular formula is C25H28FN3O7. The van der Waals surface area contributed by atoms with Crippen LogP contribution in [0.2, 0.25) is 0 Å². The van der Waals surface area contributed by atoms with Crippen LogP contribution in [0.1, 0.15) is 62.3 Å². The molecule has 0 fully saturated rings. The van der Waals surface area contributed by atoms with Crippen molar-refractivity contribution in [2.24, 2.45) is 4.99 Å². The summed E-state index contributed by atoms with van der Waals surface area (Å²) >= 11 is 0. The number of guanidine groups is 1. The van der Waals surface area contributed by atoms with E-state index in [2.05, 4.69) is 15.6 Å². The number of esters is 1. The summed E-state index contributed by atoms with van der Waals surface area (Å²) in [4.78, 5) is 51.2. The van der Waals surface area contributed by atoms with Crippen molar-refractivity contribution in [2.45, 2.75) is 52.7 Å². The lowest BCUT2D eigenvalue weighted by atomic mass is 10.2. The molecule has 0 heterocycles. The normalized spacial score (nSPS) is 11.8. The van der Waals surface area contributed by atoms with Crippen molar-refractivity contribution in [2.75, 3.05) is 5.32 Å². The molecule has 10 nitrogen and oxygen atoms in total. The molecule has 0 aromatic heterocycles. The van der Waals surface area contributed by atoms with Crippen LogP contribution >= 0.6 is 0 Å². The summed E-state index contributed by atoms with van der Waals surface area (Å²) in [6.07, 6.45) is -1.35. The smallest absolute Gasteiger partial charge is 0.437 e. The van der Waals surface area contributed by atoms with Crippen molar-refractivity contribution in [1.29, 1.82) is 0 Å². The molecule has 0 aliphatic carbocycles. The minimum absolute atomic E-state index is 0.0881. The van der Waals surface area contributed by atoms with Gasteiger partial charge in [-0.1, -0.05) is 0 Å². The maximum Gasteiger partial charge on any atom is 0.437 e. The second-order valence-corrected chi connectivity index (χ2v) is 9.47. The first kappa shape index (κ1) is 28.0. The van der Waals surface area contributed by atoms with E-state index in [1.54, 1.807) is 41.5 Å². The lowest BCUT2D eigenvalue weighted by Gasteiger charge is -2.21. The van der Waals surface area contributed by atoms with E-state index in [0.717, 1.165) is 6.07 Å². The highest BCUT2D eigenvalue weighted by Crippen LogP contribution is 2.20. The number of hydrogen-bond acceptors (Lipinski definition) is 7. The number of halogens is 1. The number of alkyl carbamates (subject to hydrolysis) is 1. The van der Waals surface area contributed by atoms with Gasteiger partial charge in [0.2, 0.25) is 5.96 Å². The number of aldehydes is 1. The van der Waals surface area contributed by atoms with E-state index in [9.17, 15) is 23.6 Å². The van der Waals surface area contributed by atoms with Crippen LogP contribution in [0.4, 0.5) is 19.7 Å². The third-order valence-electron chi connectivity index (χ3n) is 3.89. The van der Waals surface area contributed by atoms with E-state index < -0.39 is 35.2 Å². The second kappa shape index (κ2) is 11.4. The molecule has 2 aromatic carbocycles. The summed E-state index contributed by atoms with van der Waals surface area (Å²) in [6.45, 7) is 10.0. The van der Waals surface area contributed by atoms with Gasteiger partial charge in [-0.25, -0.2) is 18.8 Å². The summed E-state index contributed by atoms with van der Waals surface area (Å²) < 4.78 is 29.4. The van der Waals surface area contributed by atoms with Crippen LogP contribution in [0.25, 0.3) is 0 Å². The molecule has 2 rings (SSSR count). The van der Waals surface area contributed by atoms with Gasteiger partial charge in [-0.05, 0) is 84.0 Å². The van der Waals surface area contributed by atoms with E-state index in [1.807, 2.05) is 0 Å². The largest absolute Gasteiger partial charge is 0.444 e. The number of carbonyl (C=O) groups is 4. The molecule has 11 heteroatoms. The fourth-order valence-corrected chi connectivity index (χ4v) is 2.52. The number of anilines is 1. The Labute approximate surface area is 207 Å². The molecular weight excluding hydrogens is 473 g/mol. The van der Waals surface area contributed by atoms with Crippen LogP contribution in [0.15, 0.2) is 47.5 Å². The molecule has 0 unspecified atom stereocenters. The maximum absolute atomic E-state index is 14.0. The summed E-state index contributed by atoms with van der Waals surface area (Å²) in [5.74, 6) is -2.30. The van der Waals surface area contributed by atoms with Crippen molar-refractivity contribution in [1.82, 2.24) is 5.32 Å². The van der Waals surface area contributed by atoms with Crippen molar-refractivity contribution < 1.29 is 37.8 Å². The molecule has 0 spiro atoms. The SMILES string of the molecule is CC(C)(C)OC(=O)N=C(NC(=O)OC(C)(C)C)Nc1ccc(C(=O)Oc2ccc(C=O)cc2F)cc1. The second-order valence-electron chi connectivity index (χ2n) is 9.47. The Morgan fingerprint density at radius 2 is 1.53 bits per heavy atom. The third kappa shape index (κ3) is 9.53. The van der Waals surface area contributed by atoms with Crippen molar-refractivity contribution >= 4 is 36.1 Å². The Hall–Kier alpha value is -4.28. The van der Waals surface area contributed by atoms with Crippen LogP contribution in [0.3, 0.4) is 0 Å². The predicted molar refractivity (Wildman–Crippen MR) is 130 cm³/mol. The number of carbonyl (C=O) groups excluding carboxylic acids is 4. The summed E-state index contributed by atoms with van der Waals surface area (Å²) in [6, 6.07) is 9.09. The maximum atomic E-state index is 14.0. The van der Waals surface area contributed by atoms with Gasteiger partial charge in [0.05, 0.1) is 5.56 Å². The van der Waals surface area contributed by atoms with E-state index in [0.29, 0.717) is 12.0 Å². The summed E-state index contributed by atoms with van der Waals surface area (Å²) in [7, 11) is 0. The quantitative estimate of drug-likeness (QED) is 0.195. The zero-order valence-corrected chi connectivity index (χ0v) is 20.8. The molecule has 0 bridgehead atoms. The molecule has 0 aliphatic rings.